The van der Waals surface area contributed by atoms with Gasteiger partial charge in [-0.2, -0.15) is 4.31 Å². The van der Waals surface area contributed by atoms with Gasteiger partial charge in [-0.1, -0.05) is 17.7 Å². The summed E-state index contributed by atoms with van der Waals surface area (Å²) >= 11 is 6.09. The molecule has 2 N–H and O–H groups in total. The van der Waals surface area contributed by atoms with Crippen LogP contribution in [0, 0.1) is 6.92 Å². The fourth-order valence-electron chi connectivity index (χ4n) is 2.85. The molecule has 138 valence electrons. The van der Waals surface area contributed by atoms with Crippen LogP contribution in [0.1, 0.15) is 28.8 Å². The van der Waals surface area contributed by atoms with Gasteiger partial charge in [0.15, 0.2) is 0 Å². The lowest BCUT2D eigenvalue weighted by Crippen LogP contribution is -2.28. The molecule has 1 aliphatic rings. The van der Waals surface area contributed by atoms with Crippen LogP contribution in [0.5, 0.6) is 5.75 Å². The Balaban J connectivity index is 1.90. The summed E-state index contributed by atoms with van der Waals surface area (Å²) in [6, 6.07) is 8.98. The first kappa shape index (κ1) is 18.7. The summed E-state index contributed by atoms with van der Waals surface area (Å²) in [5, 5.41) is 12.6. The van der Waals surface area contributed by atoms with Crippen LogP contribution in [-0.4, -0.2) is 36.8 Å². The van der Waals surface area contributed by atoms with Crippen LogP contribution >= 0.6 is 11.6 Å². The number of hydrogen-bond donors (Lipinski definition) is 2. The molecule has 0 spiro atoms. The molecule has 6 nitrogen and oxygen atoms in total. The van der Waals surface area contributed by atoms with E-state index in [0.717, 1.165) is 18.4 Å². The Kier molecular flexibility index (Phi) is 5.22. The number of sulfonamides is 1. The molecule has 1 fully saturated rings. The maximum atomic E-state index is 12.7. The topological polar surface area (TPSA) is 86.7 Å². The maximum absolute atomic E-state index is 12.7. The summed E-state index contributed by atoms with van der Waals surface area (Å²) in [7, 11) is -3.74. The maximum Gasteiger partial charge on any atom is 0.255 e. The minimum atomic E-state index is -3.74. The van der Waals surface area contributed by atoms with Crippen molar-refractivity contribution in [2.75, 3.05) is 18.4 Å². The van der Waals surface area contributed by atoms with Gasteiger partial charge in [0.1, 0.15) is 10.6 Å². The molecule has 3 rings (SSSR count). The van der Waals surface area contributed by atoms with Crippen molar-refractivity contribution >= 4 is 33.2 Å². The van der Waals surface area contributed by atoms with E-state index in [1.54, 1.807) is 12.1 Å². The predicted molar refractivity (Wildman–Crippen MR) is 100 cm³/mol. The van der Waals surface area contributed by atoms with E-state index in [1.807, 2.05) is 6.92 Å². The molecule has 0 saturated carbocycles. The lowest BCUT2D eigenvalue weighted by atomic mass is 10.2. The molecule has 0 unspecified atom stereocenters. The van der Waals surface area contributed by atoms with Crippen molar-refractivity contribution < 1.29 is 18.3 Å². The highest BCUT2D eigenvalue weighted by atomic mass is 35.5. The highest BCUT2D eigenvalue weighted by Gasteiger charge is 2.29. The first-order valence-electron chi connectivity index (χ1n) is 8.20. The molecular weight excluding hydrogens is 376 g/mol. The van der Waals surface area contributed by atoms with E-state index in [-0.39, 0.29) is 26.9 Å². The number of phenolic OH excluding ortho intramolecular Hbond substituents is 1. The third-order valence-corrected chi connectivity index (χ3v) is 6.66. The Labute approximate surface area is 157 Å². The smallest absolute Gasteiger partial charge is 0.255 e. The molecule has 8 heteroatoms. The van der Waals surface area contributed by atoms with Gasteiger partial charge in [0, 0.05) is 18.7 Å². The van der Waals surface area contributed by atoms with E-state index in [4.69, 9.17) is 11.6 Å². The number of nitrogens with zero attached hydrogens (tertiary/aromatic N) is 1. The average Bonchev–Trinajstić information content (AvgIpc) is 3.13. The Bertz CT molecular complexity index is 954. The van der Waals surface area contributed by atoms with Crippen LogP contribution in [0.15, 0.2) is 41.3 Å². The van der Waals surface area contributed by atoms with Gasteiger partial charge < -0.3 is 10.4 Å². The van der Waals surface area contributed by atoms with E-state index < -0.39 is 15.9 Å². The van der Waals surface area contributed by atoms with Crippen molar-refractivity contribution in [3.8, 4) is 5.75 Å². The molecular formula is C18H19ClN2O4S. The normalized spacial score (nSPS) is 15.2. The van der Waals surface area contributed by atoms with Crippen molar-refractivity contribution in [2.45, 2.75) is 24.7 Å². The number of phenols is 1. The number of aromatic hydroxyl groups is 1. The van der Waals surface area contributed by atoms with E-state index in [1.165, 1.54) is 28.6 Å². The number of aryl methyl sites for hydroxylation is 1. The van der Waals surface area contributed by atoms with Crippen molar-refractivity contribution in [1.82, 2.24) is 4.31 Å². The molecule has 1 amide bonds. The van der Waals surface area contributed by atoms with Gasteiger partial charge in [-0.05, 0) is 55.7 Å². The molecule has 2 aromatic rings. The second kappa shape index (κ2) is 7.26. The minimum Gasteiger partial charge on any atom is -0.506 e. The summed E-state index contributed by atoms with van der Waals surface area (Å²) in [6.07, 6.45) is 1.62. The van der Waals surface area contributed by atoms with Gasteiger partial charge in [0.25, 0.3) is 5.91 Å². The molecule has 2 aromatic carbocycles. The van der Waals surface area contributed by atoms with Gasteiger partial charge >= 0.3 is 0 Å². The van der Waals surface area contributed by atoms with Gasteiger partial charge in [-0.3, -0.25) is 4.79 Å². The number of nitrogens with one attached hydrogen (secondary N) is 1. The highest BCUT2D eigenvalue weighted by molar-refractivity contribution is 7.89. The molecule has 0 atom stereocenters. The Morgan fingerprint density at radius 1 is 1.15 bits per heavy atom. The molecule has 0 radical (unpaired) electrons. The van der Waals surface area contributed by atoms with E-state index in [9.17, 15) is 18.3 Å². The highest BCUT2D eigenvalue weighted by Crippen LogP contribution is 2.29. The second-order valence-corrected chi connectivity index (χ2v) is 8.54. The molecule has 0 bridgehead atoms. The van der Waals surface area contributed by atoms with Crippen molar-refractivity contribution in [1.29, 1.82) is 0 Å². The Morgan fingerprint density at radius 2 is 1.85 bits per heavy atom. The zero-order valence-electron chi connectivity index (χ0n) is 14.2. The zero-order valence-corrected chi connectivity index (χ0v) is 15.8. The molecule has 0 aliphatic carbocycles. The van der Waals surface area contributed by atoms with Gasteiger partial charge in [0.05, 0.1) is 10.7 Å². The lowest BCUT2D eigenvalue weighted by molar-refractivity contribution is 0.102. The monoisotopic (exact) mass is 394 g/mol. The third kappa shape index (κ3) is 3.70. The van der Waals surface area contributed by atoms with Crippen LogP contribution in [-0.2, 0) is 10.0 Å². The van der Waals surface area contributed by atoms with E-state index in [2.05, 4.69) is 5.32 Å². The summed E-state index contributed by atoms with van der Waals surface area (Å²) < 4.78 is 26.9. The SMILES string of the molecule is Cc1ccc(NC(=O)c2ccc(Cl)c(S(=O)(=O)N3CCCC3)c2)c(O)c1. The van der Waals surface area contributed by atoms with E-state index >= 15 is 0 Å². The number of benzene rings is 2. The lowest BCUT2D eigenvalue weighted by Gasteiger charge is -2.17. The Hall–Kier alpha value is -2.09. The van der Waals surface area contributed by atoms with Crippen molar-refractivity contribution in [2.24, 2.45) is 0 Å². The van der Waals surface area contributed by atoms with Crippen LogP contribution in [0.2, 0.25) is 5.02 Å². The molecule has 1 saturated heterocycles. The summed E-state index contributed by atoms with van der Waals surface area (Å²) in [4.78, 5) is 12.4. The molecule has 1 heterocycles. The first-order valence-corrected chi connectivity index (χ1v) is 10.0. The fraction of sp³-hybridized carbons (Fsp3) is 0.278. The van der Waals surface area contributed by atoms with E-state index in [0.29, 0.717) is 13.1 Å². The predicted octanol–water partition coefficient (Wildman–Crippen LogP) is 3.39. The quantitative estimate of drug-likeness (QED) is 0.778. The summed E-state index contributed by atoms with van der Waals surface area (Å²) in [5.41, 5.74) is 1.25. The molecule has 0 aromatic heterocycles. The second-order valence-electron chi connectivity index (χ2n) is 6.23. The van der Waals surface area contributed by atoms with Crippen LogP contribution < -0.4 is 5.32 Å². The average molecular weight is 395 g/mol. The number of carbonyl (C=O) groups is 1. The van der Waals surface area contributed by atoms with Crippen LogP contribution in [0.25, 0.3) is 0 Å². The zero-order chi connectivity index (χ0) is 18.9. The number of carbonyl (C=O) groups excluding carboxylic acids is 1. The van der Waals surface area contributed by atoms with Crippen molar-refractivity contribution in [3.63, 3.8) is 0 Å². The molecule has 26 heavy (non-hydrogen) atoms. The first-order chi connectivity index (χ1) is 12.3. The summed E-state index contributed by atoms with van der Waals surface area (Å²) in [5.74, 6) is -0.587. The number of anilines is 1. The Morgan fingerprint density at radius 3 is 2.50 bits per heavy atom. The van der Waals surface area contributed by atoms with Gasteiger partial charge in [-0.25, -0.2) is 8.42 Å². The molecule has 1 aliphatic heterocycles. The number of amides is 1. The number of halogens is 1. The minimum absolute atomic E-state index is 0.0581. The standard InChI is InChI=1S/C18H19ClN2O4S/c1-12-4-7-15(16(22)10-12)20-18(23)13-5-6-14(19)17(11-13)26(24,25)21-8-2-3-9-21/h4-7,10-11,22H,2-3,8-9H2,1H3,(H,20,23). The van der Waals surface area contributed by atoms with Crippen LogP contribution in [0.3, 0.4) is 0 Å². The number of hydrogen-bond acceptors (Lipinski definition) is 4. The number of rotatable bonds is 4. The summed E-state index contributed by atoms with van der Waals surface area (Å²) in [6.45, 7) is 2.72. The fourth-order valence-corrected chi connectivity index (χ4v) is 4.87. The van der Waals surface area contributed by atoms with Crippen LogP contribution in [0.4, 0.5) is 5.69 Å². The van der Waals surface area contributed by atoms with Gasteiger partial charge in [-0.15, -0.1) is 0 Å². The van der Waals surface area contributed by atoms with Gasteiger partial charge in [0.2, 0.25) is 10.0 Å². The largest absolute Gasteiger partial charge is 0.506 e. The van der Waals surface area contributed by atoms with Crippen molar-refractivity contribution in [3.05, 3.63) is 52.5 Å². The third-order valence-electron chi connectivity index (χ3n) is 4.28.